The monoisotopic (exact) mass is 262 g/mol. The van der Waals surface area contributed by atoms with E-state index in [9.17, 15) is 22.8 Å². The van der Waals surface area contributed by atoms with Crippen LogP contribution in [0.15, 0.2) is 17.5 Å². The van der Waals surface area contributed by atoms with Crippen LogP contribution in [0.2, 0.25) is 0 Å². The molecule has 0 fully saturated rings. The van der Waals surface area contributed by atoms with Gasteiger partial charge in [-0.2, -0.15) is 8.78 Å². The predicted molar refractivity (Wildman–Crippen MR) is 45.7 cm³/mol. The normalized spacial score (nSPS) is 10.6. The molecule has 78 valence electrons. The van der Waals surface area contributed by atoms with Gasteiger partial charge in [0.05, 0.1) is 4.88 Å². The van der Waals surface area contributed by atoms with Crippen molar-refractivity contribution in [2.24, 2.45) is 0 Å². The van der Waals surface area contributed by atoms with Crippen LogP contribution >= 0.6 is 11.3 Å². The minimum atomic E-state index is -4.25. The smallest absolute Gasteiger partial charge is 1.00 e. The molecule has 0 N–H and O–H groups in total. The summed E-state index contributed by atoms with van der Waals surface area (Å²) in [5.74, 6) is -7.90. The maximum absolute atomic E-state index is 12.8. The van der Waals surface area contributed by atoms with Gasteiger partial charge < -0.3 is 1.43 Å². The Hall–Kier alpha value is 0.466. The SMILES string of the molecule is O=C(CF)C(F)(F)C(=O)c1cccs1.[H-].[K+]. The van der Waals surface area contributed by atoms with Crippen molar-refractivity contribution in [1.29, 1.82) is 0 Å². The third-order valence-electron chi connectivity index (χ3n) is 1.50. The van der Waals surface area contributed by atoms with Crippen LogP contribution in [0.4, 0.5) is 13.2 Å². The molecule has 1 aromatic rings. The van der Waals surface area contributed by atoms with E-state index in [4.69, 9.17) is 0 Å². The Morgan fingerprint density at radius 1 is 1.47 bits per heavy atom. The minimum Gasteiger partial charge on any atom is -1.00 e. The van der Waals surface area contributed by atoms with Crippen molar-refractivity contribution >= 4 is 22.9 Å². The van der Waals surface area contributed by atoms with Gasteiger partial charge in [0, 0.05) is 0 Å². The Bertz CT molecular complexity index is 356. The molecule has 0 bridgehead atoms. The minimum absolute atomic E-state index is 0. The van der Waals surface area contributed by atoms with E-state index in [-0.39, 0.29) is 57.7 Å². The molecule has 1 aromatic heterocycles. The number of hydrogen-bond donors (Lipinski definition) is 0. The summed E-state index contributed by atoms with van der Waals surface area (Å²) in [6.07, 6.45) is 0. The number of hydrogen-bond acceptors (Lipinski definition) is 3. The Balaban J connectivity index is 0. The second kappa shape index (κ2) is 6.26. The van der Waals surface area contributed by atoms with Crippen LogP contribution in [-0.2, 0) is 4.79 Å². The molecule has 0 radical (unpaired) electrons. The molecular formula is C8H6F3KO2S. The van der Waals surface area contributed by atoms with Crippen LogP contribution in [0.25, 0.3) is 0 Å². The van der Waals surface area contributed by atoms with Gasteiger partial charge in [-0.25, -0.2) is 4.39 Å². The first-order chi connectivity index (χ1) is 6.50. The fraction of sp³-hybridized carbons (Fsp3) is 0.250. The van der Waals surface area contributed by atoms with Gasteiger partial charge in [0.1, 0.15) is 0 Å². The van der Waals surface area contributed by atoms with E-state index in [1.54, 1.807) is 0 Å². The summed E-state index contributed by atoms with van der Waals surface area (Å²) in [5, 5.41) is 1.42. The number of rotatable bonds is 4. The van der Waals surface area contributed by atoms with Gasteiger partial charge in [0.15, 0.2) is 6.67 Å². The summed E-state index contributed by atoms with van der Waals surface area (Å²) in [4.78, 5) is 21.2. The molecule has 0 aliphatic carbocycles. The Kier molecular flexibility index (Phi) is 6.46. The maximum Gasteiger partial charge on any atom is 1.00 e. The van der Waals surface area contributed by atoms with E-state index in [2.05, 4.69) is 0 Å². The van der Waals surface area contributed by atoms with Crippen LogP contribution in [0.3, 0.4) is 0 Å². The van der Waals surface area contributed by atoms with Crippen LogP contribution in [0, 0.1) is 0 Å². The summed E-state index contributed by atoms with van der Waals surface area (Å²) in [6.45, 7) is -1.84. The summed E-state index contributed by atoms with van der Waals surface area (Å²) < 4.78 is 37.4. The molecule has 1 rings (SSSR count). The molecular weight excluding hydrogens is 256 g/mol. The van der Waals surface area contributed by atoms with E-state index in [1.807, 2.05) is 0 Å². The summed E-state index contributed by atoms with van der Waals surface area (Å²) in [7, 11) is 0. The van der Waals surface area contributed by atoms with Crippen molar-refractivity contribution in [3.63, 3.8) is 0 Å². The van der Waals surface area contributed by atoms with Crippen molar-refractivity contribution in [3.8, 4) is 0 Å². The second-order valence-corrected chi connectivity index (χ2v) is 3.39. The molecule has 0 atom stereocenters. The van der Waals surface area contributed by atoms with E-state index < -0.39 is 24.2 Å². The topological polar surface area (TPSA) is 34.1 Å². The molecule has 2 nitrogen and oxygen atoms in total. The zero-order chi connectivity index (χ0) is 10.8. The number of carbonyl (C=O) groups excluding carboxylic acids is 2. The summed E-state index contributed by atoms with van der Waals surface area (Å²) in [6, 6.07) is 2.56. The van der Waals surface area contributed by atoms with Gasteiger partial charge in [-0.1, -0.05) is 6.07 Å². The zero-order valence-corrected chi connectivity index (χ0v) is 11.7. The number of carbonyl (C=O) groups is 2. The Morgan fingerprint density at radius 3 is 2.47 bits per heavy atom. The largest absolute Gasteiger partial charge is 1.00 e. The Morgan fingerprint density at radius 2 is 2.07 bits per heavy atom. The molecule has 0 saturated carbocycles. The molecule has 0 aliphatic rings. The van der Waals surface area contributed by atoms with E-state index in [1.165, 1.54) is 11.4 Å². The van der Waals surface area contributed by atoms with Crippen molar-refractivity contribution in [1.82, 2.24) is 0 Å². The molecule has 0 saturated heterocycles. The Labute approximate surface area is 132 Å². The predicted octanol–water partition coefficient (Wildman–Crippen LogP) is -0.779. The molecule has 0 aliphatic heterocycles. The van der Waals surface area contributed by atoms with Gasteiger partial charge in [-0.3, -0.25) is 9.59 Å². The number of halogens is 3. The molecule has 7 heteroatoms. The zero-order valence-electron chi connectivity index (χ0n) is 8.80. The summed E-state index contributed by atoms with van der Waals surface area (Å²) >= 11 is 0.782. The van der Waals surface area contributed by atoms with Crippen LogP contribution in [0.1, 0.15) is 11.1 Å². The quantitative estimate of drug-likeness (QED) is 0.405. The van der Waals surface area contributed by atoms with Crippen molar-refractivity contribution in [3.05, 3.63) is 22.4 Å². The third kappa shape index (κ3) is 3.47. The van der Waals surface area contributed by atoms with Crippen molar-refractivity contribution in [2.75, 3.05) is 6.67 Å². The van der Waals surface area contributed by atoms with Crippen LogP contribution in [-0.4, -0.2) is 24.2 Å². The van der Waals surface area contributed by atoms with E-state index in [0.717, 1.165) is 17.4 Å². The standard InChI is InChI=1S/C8H5F3O2S.K.H/c9-4-6(12)8(10,11)7(13)5-2-1-3-14-5;;/h1-3H,4H2;;/q;+1;-1. The van der Waals surface area contributed by atoms with Gasteiger partial charge in [0.25, 0.3) is 0 Å². The molecule has 0 amide bonds. The van der Waals surface area contributed by atoms with Gasteiger partial charge >= 0.3 is 57.3 Å². The van der Waals surface area contributed by atoms with Gasteiger partial charge in [-0.15, -0.1) is 11.3 Å². The number of thiophene rings is 1. The molecule has 0 spiro atoms. The number of alkyl halides is 3. The average Bonchev–Trinajstić information content (AvgIpc) is 2.67. The molecule has 1 heterocycles. The number of Topliss-reactive ketones (excluding diaryl/α,β-unsaturated/α-hetero) is 2. The van der Waals surface area contributed by atoms with Gasteiger partial charge in [-0.05, 0) is 11.4 Å². The first-order valence-electron chi connectivity index (χ1n) is 3.55. The summed E-state index contributed by atoms with van der Waals surface area (Å²) in [5.41, 5.74) is 0. The van der Waals surface area contributed by atoms with E-state index >= 15 is 0 Å². The first-order valence-corrected chi connectivity index (χ1v) is 4.43. The molecule has 0 unspecified atom stereocenters. The van der Waals surface area contributed by atoms with Crippen molar-refractivity contribution in [2.45, 2.75) is 5.92 Å². The first kappa shape index (κ1) is 15.5. The fourth-order valence-corrected chi connectivity index (χ4v) is 1.47. The van der Waals surface area contributed by atoms with Crippen molar-refractivity contribution < 1.29 is 75.6 Å². The fourth-order valence-electron chi connectivity index (χ4n) is 0.773. The maximum atomic E-state index is 12.8. The van der Waals surface area contributed by atoms with E-state index in [0.29, 0.717) is 0 Å². The van der Waals surface area contributed by atoms with Crippen LogP contribution < -0.4 is 51.4 Å². The van der Waals surface area contributed by atoms with Gasteiger partial charge in [0.2, 0.25) is 11.6 Å². The molecule has 0 aromatic carbocycles. The average molecular weight is 262 g/mol. The third-order valence-corrected chi connectivity index (χ3v) is 2.37. The second-order valence-electron chi connectivity index (χ2n) is 2.44. The number of ketones is 2. The molecule has 15 heavy (non-hydrogen) atoms. The van der Waals surface area contributed by atoms with Crippen LogP contribution in [0.5, 0.6) is 0 Å².